The number of aliphatic hydroxyl groups excluding tert-OH is 1. The maximum atomic E-state index is 13.3. The summed E-state index contributed by atoms with van der Waals surface area (Å²) < 4.78 is 27.9. The van der Waals surface area contributed by atoms with Crippen LogP contribution in [0.3, 0.4) is 0 Å². The van der Waals surface area contributed by atoms with Crippen molar-refractivity contribution in [2.45, 2.75) is 52.5 Å². The predicted octanol–water partition coefficient (Wildman–Crippen LogP) is 2.76. The van der Waals surface area contributed by atoms with Crippen molar-refractivity contribution >= 4 is 5.91 Å². The Kier molecular flexibility index (Phi) is 5.73. The Morgan fingerprint density at radius 1 is 1.48 bits per heavy atom. The fourth-order valence-corrected chi connectivity index (χ4v) is 3.08. The first-order valence-corrected chi connectivity index (χ1v) is 8.11. The van der Waals surface area contributed by atoms with Gasteiger partial charge in [-0.15, -0.1) is 0 Å². The molecule has 2 N–H and O–H groups in total. The molecule has 0 unspecified atom stereocenters. The van der Waals surface area contributed by atoms with Gasteiger partial charge in [-0.1, -0.05) is 20.3 Å². The SMILES string of the molecule is CC(C)Cn1ncc(C(=O)NCC2(CCO)CCC2)c1C(F)F. The Morgan fingerprint density at radius 3 is 2.65 bits per heavy atom. The fourth-order valence-electron chi connectivity index (χ4n) is 3.08. The number of halogens is 2. The van der Waals surface area contributed by atoms with E-state index in [4.69, 9.17) is 5.11 Å². The summed E-state index contributed by atoms with van der Waals surface area (Å²) in [6.45, 7) is 4.65. The minimum absolute atomic E-state index is 0.0564. The quantitative estimate of drug-likeness (QED) is 0.771. The monoisotopic (exact) mass is 329 g/mol. The highest BCUT2D eigenvalue weighted by Gasteiger charge is 2.37. The molecule has 1 aliphatic rings. The molecule has 130 valence electrons. The van der Waals surface area contributed by atoms with Gasteiger partial charge in [0.15, 0.2) is 0 Å². The molecule has 23 heavy (non-hydrogen) atoms. The van der Waals surface area contributed by atoms with Crippen LogP contribution in [0.25, 0.3) is 0 Å². The van der Waals surface area contributed by atoms with Gasteiger partial charge in [0.1, 0.15) is 5.69 Å². The van der Waals surface area contributed by atoms with Crippen molar-refractivity contribution in [2.24, 2.45) is 11.3 Å². The summed E-state index contributed by atoms with van der Waals surface area (Å²) in [6, 6.07) is 0. The van der Waals surface area contributed by atoms with Crippen LogP contribution in [0.1, 0.15) is 62.0 Å². The van der Waals surface area contributed by atoms with E-state index in [0.29, 0.717) is 19.5 Å². The lowest BCUT2D eigenvalue weighted by Gasteiger charge is -2.41. The van der Waals surface area contributed by atoms with Gasteiger partial charge in [0.25, 0.3) is 12.3 Å². The molecule has 1 heterocycles. The zero-order chi connectivity index (χ0) is 17.0. The van der Waals surface area contributed by atoms with Crippen LogP contribution >= 0.6 is 0 Å². The van der Waals surface area contributed by atoms with E-state index in [1.54, 1.807) is 0 Å². The second-order valence-corrected chi connectivity index (χ2v) is 6.83. The number of alkyl halides is 2. The van der Waals surface area contributed by atoms with Crippen LogP contribution in [0, 0.1) is 11.3 Å². The summed E-state index contributed by atoms with van der Waals surface area (Å²) in [5, 5.41) is 15.8. The number of carbonyl (C=O) groups excluding carboxylic acids is 1. The molecule has 1 amide bonds. The normalized spacial score (nSPS) is 16.7. The first kappa shape index (κ1) is 17.8. The van der Waals surface area contributed by atoms with E-state index in [0.717, 1.165) is 19.3 Å². The first-order chi connectivity index (χ1) is 10.9. The van der Waals surface area contributed by atoms with Gasteiger partial charge in [0.05, 0.1) is 11.8 Å². The lowest BCUT2D eigenvalue weighted by atomic mass is 9.67. The summed E-state index contributed by atoms with van der Waals surface area (Å²) in [6.07, 6.45) is 2.07. The number of rotatable bonds is 8. The van der Waals surface area contributed by atoms with Crippen LogP contribution in [-0.4, -0.2) is 33.9 Å². The molecule has 1 saturated carbocycles. The number of carbonyl (C=O) groups is 1. The molecule has 0 aliphatic heterocycles. The minimum Gasteiger partial charge on any atom is -0.396 e. The Labute approximate surface area is 135 Å². The van der Waals surface area contributed by atoms with Crippen LogP contribution < -0.4 is 5.32 Å². The summed E-state index contributed by atoms with van der Waals surface area (Å²) in [5.41, 5.74) is -0.455. The number of aliphatic hydroxyl groups is 1. The second-order valence-electron chi connectivity index (χ2n) is 6.83. The maximum Gasteiger partial charge on any atom is 0.280 e. The van der Waals surface area contributed by atoms with Crippen molar-refractivity contribution in [1.29, 1.82) is 0 Å². The minimum atomic E-state index is -2.74. The third kappa shape index (κ3) is 4.07. The molecule has 1 aliphatic carbocycles. The molecule has 5 nitrogen and oxygen atoms in total. The third-order valence-corrected chi connectivity index (χ3v) is 4.55. The van der Waals surface area contributed by atoms with E-state index < -0.39 is 12.3 Å². The molecule has 0 saturated heterocycles. The summed E-state index contributed by atoms with van der Waals surface area (Å²) in [5.74, 6) is -0.356. The first-order valence-electron chi connectivity index (χ1n) is 8.11. The molecule has 2 rings (SSSR count). The lowest BCUT2D eigenvalue weighted by molar-refractivity contribution is 0.0725. The van der Waals surface area contributed by atoms with E-state index in [-0.39, 0.29) is 29.2 Å². The number of nitrogens with zero attached hydrogens (tertiary/aromatic N) is 2. The van der Waals surface area contributed by atoms with Gasteiger partial charge >= 0.3 is 0 Å². The molecule has 1 fully saturated rings. The lowest BCUT2D eigenvalue weighted by Crippen LogP contribution is -2.42. The molecule has 0 aromatic carbocycles. The van der Waals surface area contributed by atoms with Gasteiger partial charge in [-0.05, 0) is 30.6 Å². The molecule has 0 spiro atoms. The van der Waals surface area contributed by atoms with Crippen molar-refractivity contribution < 1.29 is 18.7 Å². The van der Waals surface area contributed by atoms with Gasteiger partial charge in [-0.3, -0.25) is 9.48 Å². The topological polar surface area (TPSA) is 67.2 Å². The average Bonchev–Trinajstić information content (AvgIpc) is 2.84. The van der Waals surface area contributed by atoms with E-state index in [2.05, 4.69) is 10.4 Å². The average molecular weight is 329 g/mol. The van der Waals surface area contributed by atoms with Crippen LogP contribution in [0.5, 0.6) is 0 Å². The van der Waals surface area contributed by atoms with Crippen LogP contribution in [0.4, 0.5) is 8.78 Å². The highest BCUT2D eigenvalue weighted by Crippen LogP contribution is 2.43. The molecule has 0 radical (unpaired) electrons. The Bertz CT molecular complexity index is 539. The van der Waals surface area contributed by atoms with E-state index in [1.807, 2.05) is 13.8 Å². The van der Waals surface area contributed by atoms with Gasteiger partial charge in [-0.25, -0.2) is 8.78 Å². The van der Waals surface area contributed by atoms with Gasteiger partial charge in [-0.2, -0.15) is 5.10 Å². The number of nitrogens with one attached hydrogen (secondary N) is 1. The zero-order valence-electron chi connectivity index (χ0n) is 13.7. The maximum absolute atomic E-state index is 13.3. The number of amides is 1. The van der Waals surface area contributed by atoms with Gasteiger partial charge in [0, 0.05) is 19.7 Å². The number of hydrogen-bond donors (Lipinski definition) is 2. The predicted molar refractivity (Wildman–Crippen MR) is 82.3 cm³/mol. The van der Waals surface area contributed by atoms with Crippen molar-refractivity contribution in [1.82, 2.24) is 15.1 Å². The largest absolute Gasteiger partial charge is 0.396 e. The summed E-state index contributed by atoms with van der Waals surface area (Å²) >= 11 is 0. The van der Waals surface area contributed by atoms with E-state index >= 15 is 0 Å². The standard InChI is InChI=1S/C16H25F2N3O2/c1-11(2)9-21-13(14(17)18)12(8-20-21)15(23)19-10-16(6-7-22)4-3-5-16/h8,11,14,22H,3-7,9-10H2,1-2H3,(H,19,23). The van der Waals surface area contributed by atoms with Crippen LogP contribution in [0.2, 0.25) is 0 Å². The Balaban J connectivity index is 2.08. The van der Waals surface area contributed by atoms with Crippen LogP contribution in [0.15, 0.2) is 6.20 Å². The molecule has 7 heteroatoms. The Morgan fingerprint density at radius 2 is 2.17 bits per heavy atom. The van der Waals surface area contributed by atoms with Crippen molar-refractivity contribution in [3.63, 3.8) is 0 Å². The zero-order valence-corrected chi connectivity index (χ0v) is 13.7. The van der Waals surface area contributed by atoms with Gasteiger partial charge in [0.2, 0.25) is 0 Å². The Hall–Kier alpha value is -1.50. The number of aromatic nitrogens is 2. The molecule has 1 aromatic heterocycles. The van der Waals surface area contributed by atoms with Crippen molar-refractivity contribution in [2.75, 3.05) is 13.2 Å². The van der Waals surface area contributed by atoms with Crippen molar-refractivity contribution in [3.05, 3.63) is 17.5 Å². The highest BCUT2D eigenvalue weighted by atomic mass is 19.3. The second kappa shape index (κ2) is 7.38. The molecule has 0 bridgehead atoms. The molecule has 1 aromatic rings. The molecular formula is C16H25F2N3O2. The molecular weight excluding hydrogens is 304 g/mol. The number of hydrogen-bond acceptors (Lipinski definition) is 3. The van der Waals surface area contributed by atoms with Crippen molar-refractivity contribution in [3.8, 4) is 0 Å². The fraction of sp³-hybridized carbons (Fsp3) is 0.750. The smallest absolute Gasteiger partial charge is 0.280 e. The van der Waals surface area contributed by atoms with E-state index in [9.17, 15) is 13.6 Å². The third-order valence-electron chi connectivity index (χ3n) is 4.55. The van der Waals surface area contributed by atoms with E-state index in [1.165, 1.54) is 10.9 Å². The van der Waals surface area contributed by atoms with Crippen LogP contribution in [-0.2, 0) is 6.54 Å². The summed E-state index contributed by atoms with van der Waals surface area (Å²) in [4.78, 5) is 12.3. The highest BCUT2D eigenvalue weighted by molar-refractivity contribution is 5.95. The summed E-state index contributed by atoms with van der Waals surface area (Å²) in [7, 11) is 0. The molecule has 0 atom stereocenters. The van der Waals surface area contributed by atoms with Gasteiger partial charge < -0.3 is 10.4 Å².